The van der Waals surface area contributed by atoms with E-state index >= 15 is 0 Å². The monoisotopic (exact) mass is 430 g/mol. The lowest BCUT2D eigenvalue weighted by molar-refractivity contribution is 0.102. The molecule has 0 heterocycles. The predicted octanol–water partition coefficient (Wildman–Crippen LogP) is 4.28. The molecule has 1 amide bonds. The summed E-state index contributed by atoms with van der Waals surface area (Å²) in [7, 11) is -2.26. The summed E-state index contributed by atoms with van der Waals surface area (Å²) < 4.78 is 32.0. The number of carbonyl (C=O) groups is 1. The van der Waals surface area contributed by atoms with Crippen LogP contribution in [0.2, 0.25) is 10.0 Å². The fraction of sp³-hybridized carbons (Fsp3) is 0.278. The van der Waals surface area contributed by atoms with Crippen LogP contribution in [0.15, 0.2) is 41.3 Å². The molecule has 146 valence electrons. The summed E-state index contributed by atoms with van der Waals surface area (Å²) in [5.41, 5.74) is 0.384. The summed E-state index contributed by atoms with van der Waals surface area (Å²) in [5.74, 6) is -0.210. The fourth-order valence-corrected chi connectivity index (χ4v) is 4.38. The summed E-state index contributed by atoms with van der Waals surface area (Å²) in [6.45, 7) is 4.19. The summed E-state index contributed by atoms with van der Waals surface area (Å²) in [6, 6.07) is 8.81. The Morgan fingerprint density at radius 3 is 2.37 bits per heavy atom. The molecule has 0 bridgehead atoms. The molecule has 9 heteroatoms. The van der Waals surface area contributed by atoms with Gasteiger partial charge < -0.3 is 10.1 Å². The van der Waals surface area contributed by atoms with Gasteiger partial charge >= 0.3 is 0 Å². The molecule has 27 heavy (non-hydrogen) atoms. The zero-order valence-electron chi connectivity index (χ0n) is 15.1. The Balaban J connectivity index is 2.44. The predicted molar refractivity (Wildman–Crippen MR) is 108 cm³/mol. The first-order valence-electron chi connectivity index (χ1n) is 8.19. The van der Waals surface area contributed by atoms with Gasteiger partial charge in [0, 0.05) is 18.1 Å². The molecule has 0 saturated carbocycles. The number of hydrogen-bond donors (Lipinski definition) is 1. The Hall–Kier alpha value is -1.80. The Kier molecular flexibility index (Phi) is 7.11. The van der Waals surface area contributed by atoms with Gasteiger partial charge in [-0.25, -0.2) is 8.42 Å². The van der Waals surface area contributed by atoms with E-state index in [4.69, 9.17) is 27.9 Å². The van der Waals surface area contributed by atoms with Crippen molar-refractivity contribution in [2.24, 2.45) is 0 Å². The van der Waals surface area contributed by atoms with Gasteiger partial charge in [0.05, 0.1) is 28.3 Å². The minimum absolute atomic E-state index is 0.0551. The fourth-order valence-electron chi connectivity index (χ4n) is 2.52. The van der Waals surface area contributed by atoms with Gasteiger partial charge in [0.2, 0.25) is 10.0 Å². The molecule has 0 atom stereocenters. The molecule has 0 fully saturated rings. The van der Waals surface area contributed by atoms with Crippen molar-refractivity contribution in [2.75, 3.05) is 25.5 Å². The molecular weight excluding hydrogens is 411 g/mol. The largest absolute Gasteiger partial charge is 0.495 e. The maximum absolute atomic E-state index is 12.7. The van der Waals surface area contributed by atoms with Crippen molar-refractivity contribution in [3.8, 4) is 5.75 Å². The van der Waals surface area contributed by atoms with Crippen LogP contribution in [0.25, 0.3) is 0 Å². The first kappa shape index (κ1) is 21.5. The highest BCUT2D eigenvalue weighted by Gasteiger charge is 2.23. The molecule has 0 saturated heterocycles. The van der Waals surface area contributed by atoms with Crippen LogP contribution in [-0.2, 0) is 10.0 Å². The van der Waals surface area contributed by atoms with Crippen LogP contribution in [0.1, 0.15) is 24.2 Å². The summed E-state index contributed by atoms with van der Waals surface area (Å²) in [4.78, 5) is 12.6. The number of halogens is 2. The number of benzene rings is 2. The van der Waals surface area contributed by atoms with Gasteiger partial charge in [-0.2, -0.15) is 4.31 Å². The van der Waals surface area contributed by atoms with Crippen molar-refractivity contribution in [3.05, 3.63) is 52.0 Å². The molecule has 0 aromatic heterocycles. The molecule has 0 aliphatic rings. The Morgan fingerprint density at radius 2 is 1.78 bits per heavy atom. The Labute approximate surface area is 169 Å². The molecule has 2 rings (SSSR count). The molecule has 0 unspecified atom stereocenters. The number of ether oxygens (including phenoxy) is 1. The zero-order chi connectivity index (χ0) is 20.2. The van der Waals surface area contributed by atoms with Crippen molar-refractivity contribution in [3.63, 3.8) is 0 Å². The summed E-state index contributed by atoms with van der Waals surface area (Å²) in [6.07, 6.45) is 0. The van der Waals surface area contributed by atoms with Crippen LogP contribution in [0.3, 0.4) is 0 Å². The number of anilines is 1. The van der Waals surface area contributed by atoms with Gasteiger partial charge in [-0.1, -0.05) is 37.0 Å². The third kappa shape index (κ3) is 4.73. The molecule has 0 radical (unpaired) electrons. The van der Waals surface area contributed by atoms with Gasteiger partial charge in [-0.3, -0.25) is 4.79 Å². The smallest absolute Gasteiger partial charge is 0.257 e. The van der Waals surface area contributed by atoms with Crippen molar-refractivity contribution in [2.45, 2.75) is 18.7 Å². The van der Waals surface area contributed by atoms with E-state index < -0.39 is 15.9 Å². The average molecular weight is 431 g/mol. The number of rotatable bonds is 7. The number of carbonyl (C=O) groups excluding carboxylic acids is 1. The van der Waals surface area contributed by atoms with Crippen LogP contribution >= 0.6 is 23.2 Å². The van der Waals surface area contributed by atoms with E-state index in [1.165, 1.54) is 41.7 Å². The lowest BCUT2D eigenvalue weighted by Crippen LogP contribution is -2.30. The number of sulfonamides is 1. The van der Waals surface area contributed by atoms with E-state index in [9.17, 15) is 13.2 Å². The minimum Gasteiger partial charge on any atom is -0.495 e. The molecular formula is C18H20Cl2N2O4S. The second kappa shape index (κ2) is 8.93. The molecule has 6 nitrogen and oxygen atoms in total. The summed E-state index contributed by atoms with van der Waals surface area (Å²) >= 11 is 12.0. The van der Waals surface area contributed by atoms with Gasteiger partial charge in [-0.15, -0.1) is 0 Å². The third-order valence-corrected chi connectivity index (χ3v) is 6.55. The molecule has 0 spiro atoms. The highest BCUT2D eigenvalue weighted by Crippen LogP contribution is 2.30. The Morgan fingerprint density at radius 1 is 1.11 bits per heavy atom. The number of methoxy groups -OCH3 is 1. The SMILES string of the molecule is CCN(CC)S(=O)(=O)c1ccc(OC)c(NC(=O)c2cc(Cl)ccc2Cl)c1. The van der Waals surface area contributed by atoms with E-state index in [2.05, 4.69) is 5.32 Å². The van der Waals surface area contributed by atoms with Crippen molar-refractivity contribution in [1.29, 1.82) is 0 Å². The van der Waals surface area contributed by atoms with Crippen LogP contribution < -0.4 is 10.1 Å². The maximum Gasteiger partial charge on any atom is 0.257 e. The normalized spacial score (nSPS) is 11.5. The quantitative estimate of drug-likeness (QED) is 0.710. The second-order valence-corrected chi connectivity index (χ2v) is 8.31. The number of nitrogens with one attached hydrogen (secondary N) is 1. The van der Waals surface area contributed by atoms with E-state index in [0.29, 0.717) is 23.9 Å². The standard InChI is InChI=1S/C18H20Cl2N2O4S/c1-4-22(5-2)27(24,25)13-7-9-17(26-3)16(11-13)21-18(23)14-10-12(19)6-8-15(14)20/h6-11H,4-5H2,1-3H3,(H,21,23). The summed E-state index contributed by atoms with van der Waals surface area (Å²) in [5, 5.41) is 3.22. The molecule has 2 aromatic carbocycles. The van der Waals surface area contributed by atoms with E-state index in [-0.39, 0.29) is 21.2 Å². The lowest BCUT2D eigenvalue weighted by Gasteiger charge is -2.19. The third-order valence-electron chi connectivity index (χ3n) is 3.94. The van der Waals surface area contributed by atoms with Crippen molar-refractivity contribution in [1.82, 2.24) is 4.31 Å². The minimum atomic E-state index is -3.68. The first-order valence-corrected chi connectivity index (χ1v) is 10.4. The zero-order valence-corrected chi connectivity index (χ0v) is 17.5. The van der Waals surface area contributed by atoms with E-state index in [1.807, 2.05) is 0 Å². The van der Waals surface area contributed by atoms with Crippen LogP contribution in [0, 0.1) is 0 Å². The molecule has 2 aromatic rings. The first-order chi connectivity index (χ1) is 12.7. The number of nitrogens with zero attached hydrogens (tertiary/aromatic N) is 1. The molecule has 0 aliphatic heterocycles. The van der Waals surface area contributed by atoms with E-state index in [1.54, 1.807) is 19.9 Å². The average Bonchev–Trinajstić information content (AvgIpc) is 2.64. The van der Waals surface area contributed by atoms with Gasteiger partial charge in [0.1, 0.15) is 5.75 Å². The molecule has 1 N–H and O–H groups in total. The topological polar surface area (TPSA) is 75.7 Å². The highest BCUT2D eigenvalue weighted by atomic mass is 35.5. The van der Waals surface area contributed by atoms with Crippen molar-refractivity contribution < 1.29 is 17.9 Å². The van der Waals surface area contributed by atoms with Gasteiger partial charge in [-0.05, 0) is 36.4 Å². The van der Waals surface area contributed by atoms with Crippen LogP contribution in [-0.4, -0.2) is 38.8 Å². The highest BCUT2D eigenvalue weighted by molar-refractivity contribution is 7.89. The number of hydrogen-bond acceptors (Lipinski definition) is 4. The lowest BCUT2D eigenvalue weighted by atomic mass is 10.2. The van der Waals surface area contributed by atoms with Crippen LogP contribution in [0.4, 0.5) is 5.69 Å². The van der Waals surface area contributed by atoms with Gasteiger partial charge in [0.25, 0.3) is 5.91 Å². The second-order valence-electron chi connectivity index (χ2n) is 5.53. The van der Waals surface area contributed by atoms with Crippen molar-refractivity contribution >= 4 is 44.8 Å². The van der Waals surface area contributed by atoms with Gasteiger partial charge in [0.15, 0.2) is 0 Å². The Bertz CT molecular complexity index is 944. The van der Waals surface area contributed by atoms with Crippen LogP contribution in [0.5, 0.6) is 5.75 Å². The van der Waals surface area contributed by atoms with E-state index in [0.717, 1.165) is 0 Å². The number of amides is 1. The maximum atomic E-state index is 12.7. The molecule has 0 aliphatic carbocycles.